The molecule has 1 atom stereocenters. The average Bonchev–Trinajstić information content (AvgIpc) is 3.24. The predicted octanol–water partition coefficient (Wildman–Crippen LogP) is 2.18. The maximum atomic E-state index is 12.6. The number of hydrogen-bond donors (Lipinski definition) is 1. The third kappa shape index (κ3) is 2.95. The van der Waals surface area contributed by atoms with Crippen LogP contribution >= 0.6 is 0 Å². The zero-order valence-electron chi connectivity index (χ0n) is 13.2. The third-order valence-electron chi connectivity index (χ3n) is 4.35. The van der Waals surface area contributed by atoms with Gasteiger partial charge in [0.05, 0.1) is 13.0 Å². The molecule has 4 rings (SSSR count). The summed E-state index contributed by atoms with van der Waals surface area (Å²) in [7, 11) is 0. The first-order chi connectivity index (χ1) is 11.8. The van der Waals surface area contributed by atoms with E-state index in [2.05, 4.69) is 15.2 Å². The van der Waals surface area contributed by atoms with E-state index in [0.29, 0.717) is 25.4 Å². The summed E-state index contributed by atoms with van der Waals surface area (Å²) in [6.07, 6.45) is 4.73. The maximum Gasteiger partial charge on any atom is 0.233 e. The van der Waals surface area contributed by atoms with Crippen molar-refractivity contribution in [3.05, 3.63) is 54.4 Å². The number of nitrogens with zero attached hydrogens (tertiary/aromatic N) is 3. The number of hydrogen-bond acceptors (Lipinski definition) is 4. The third-order valence-corrected chi connectivity index (χ3v) is 4.35. The van der Waals surface area contributed by atoms with Crippen LogP contribution in [0.1, 0.15) is 12.0 Å². The van der Waals surface area contributed by atoms with Crippen LogP contribution in [0.15, 0.2) is 48.8 Å². The smallest absolute Gasteiger partial charge is 0.233 e. The number of aromatic amines is 1. The lowest BCUT2D eigenvalue weighted by Crippen LogP contribution is -2.32. The first kappa shape index (κ1) is 14.7. The Hall–Kier alpha value is -2.89. The molecule has 6 heteroatoms. The van der Waals surface area contributed by atoms with E-state index in [4.69, 9.17) is 4.74 Å². The molecule has 1 aliphatic heterocycles. The van der Waals surface area contributed by atoms with Crippen molar-refractivity contribution in [3.63, 3.8) is 0 Å². The van der Waals surface area contributed by atoms with Crippen LogP contribution in [0.5, 0.6) is 5.88 Å². The molecule has 1 saturated heterocycles. The number of rotatable bonds is 4. The monoisotopic (exact) mass is 322 g/mol. The van der Waals surface area contributed by atoms with Gasteiger partial charge >= 0.3 is 0 Å². The van der Waals surface area contributed by atoms with E-state index in [-0.39, 0.29) is 12.0 Å². The van der Waals surface area contributed by atoms with Crippen molar-refractivity contribution in [2.45, 2.75) is 18.9 Å². The lowest BCUT2D eigenvalue weighted by atomic mass is 10.1. The minimum atomic E-state index is -0.0198. The number of aromatic nitrogens is 3. The van der Waals surface area contributed by atoms with Gasteiger partial charge in [0.2, 0.25) is 11.8 Å². The Kier molecular flexibility index (Phi) is 3.86. The van der Waals surface area contributed by atoms with E-state index in [1.807, 2.05) is 35.4 Å². The number of fused-ring (bicyclic) bond motifs is 1. The van der Waals surface area contributed by atoms with Crippen LogP contribution in [0, 0.1) is 0 Å². The first-order valence-electron chi connectivity index (χ1n) is 8.07. The summed E-state index contributed by atoms with van der Waals surface area (Å²) in [6.45, 7) is 1.31. The van der Waals surface area contributed by atoms with Crippen LogP contribution in [-0.2, 0) is 11.2 Å². The molecule has 1 aliphatic rings. The van der Waals surface area contributed by atoms with Gasteiger partial charge in [-0.2, -0.15) is 5.10 Å². The summed E-state index contributed by atoms with van der Waals surface area (Å²) in [6, 6.07) is 11.6. The van der Waals surface area contributed by atoms with E-state index in [1.165, 1.54) is 0 Å². The standard InChI is InChI=1S/C18H18N4O2/c23-18(10-13-11-19-16-5-2-1-4-15(13)16)22-9-7-14(12-22)24-17-6-3-8-20-21-17/h1-6,8,11,14,19H,7,9-10,12H2/t14-/m1/s1. The summed E-state index contributed by atoms with van der Waals surface area (Å²) in [5.41, 5.74) is 2.10. The Labute approximate surface area is 139 Å². The van der Waals surface area contributed by atoms with Gasteiger partial charge in [0.15, 0.2) is 0 Å². The Morgan fingerprint density at radius 1 is 1.29 bits per heavy atom. The lowest BCUT2D eigenvalue weighted by Gasteiger charge is -2.16. The molecule has 1 fully saturated rings. The number of ether oxygens (including phenoxy) is 1. The molecular formula is C18H18N4O2. The molecule has 0 aliphatic carbocycles. The first-order valence-corrected chi connectivity index (χ1v) is 8.07. The number of H-pyrrole nitrogens is 1. The van der Waals surface area contributed by atoms with Gasteiger partial charge in [0.25, 0.3) is 0 Å². The Morgan fingerprint density at radius 2 is 2.21 bits per heavy atom. The molecule has 0 unspecified atom stereocenters. The highest BCUT2D eigenvalue weighted by Crippen LogP contribution is 2.21. The molecule has 0 bridgehead atoms. The molecule has 3 heterocycles. The van der Waals surface area contributed by atoms with E-state index in [1.54, 1.807) is 18.3 Å². The van der Waals surface area contributed by atoms with E-state index in [9.17, 15) is 4.79 Å². The van der Waals surface area contributed by atoms with Crippen molar-refractivity contribution >= 4 is 16.8 Å². The average molecular weight is 322 g/mol. The Morgan fingerprint density at radius 3 is 3.08 bits per heavy atom. The van der Waals surface area contributed by atoms with Crippen LogP contribution < -0.4 is 4.74 Å². The number of likely N-dealkylation sites (tertiary alicyclic amines) is 1. The van der Waals surface area contributed by atoms with Gasteiger partial charge in [-0.15, -0.1) is 5.10 Å². The number of para-hydroxylation sites is 1. The zero-order valence-corrected chi connectivity index (χ0v) is 13.2. The lowest BCUT2D eigenvalue weighted by molar-refractivity contribution is -0.129. The SMILES string of the molecule is O=C(Cc1c[nH]c2ccccc12)N1CC[C@@H](Oc2cccnn2)C1. The molecule has 1 amide bonds. The fraction of sp³-hybridized carbons (Fsp3) is 0.278. The van der Waals surface area contributed by atoms with Gasteiger partial charge in [-0.1, -0.05) is 18.2 Å². The topological polar surface area (TPSA) is 71.1 Å². The molecule has 2 aromatic heterocycles. The highest BCUT2D eigenvalue weighted by Gasteiger charge is 2.28. The molecule has 0 radical (unpaired) electrons. The number of benzene rings is 1. The summed E-state index contributed by atoms with van der Waals surface area (Å²) in [4.78, 5) is 17.7. The molecule has 24 heavy (non-hydrogen) atoms. The fourth-order valence-corrected chi connectivity index (χ4v) is 3.12. The van der Waals surface area contributed by atoms with Gasteiger partial charge < -0.3 is 14.6 Å². The van der Waals surface area contributed by atoms with Crippen LogP contribution in [0.3, 0.4) is 0 Å². The minimum absolute atomic E-state index is 0.0198. The maximum absolute atomic E-state index is 12.6. The van der Waals surface area contributed by atoms with Crippen LogP contribution in [0.4, 0.5) is 0 Å². The highest BCUT2D eigenvalue weighted by atomic mass is 16.5. The second kappa shape index (κ2) is 6.31. The quantitative estimate of drug-likeness (QED) is 0.799. The molecule has 6 nitrogen and oxygen atoms in total. The normalized spacial score (nSPS) is 17.3. The Bertz CT molecular complexity index is 846. The van der Waals surface area contributed by atoms with Crippen molar-refractivity contribution in [1.82, 2.24) is 20.1 Å². The van der Waals surface area contributed by atoms with Gasteiger partial charge in [0.1, 0.15) is 6.10 Å². The van der Waals surface area contributed by atoms with Crippen molar-refractivity contribution < 1.29 is 9.53 Å². The molecular weight excluding hydrogens is 304 g/mol. The van der Waals surface area contributed by atoms with Crippen molar-refractivity contribution in [2.24, 2.45) is 0 Å². The molecule has 122 valence electrons. The van der Waals surface area contributed by atoms with Crippen LogP contribution in [-0.4, -0.2) is 45.2 Å². The highest BCUT2D eigenvalue weighted by molar-refractivity contribution is 5.89. The number of carbonyl (C=O) groups is 1. The van der Waals surface area contributed by atoms with Gasteiger partial charge in [-0.05, 0) is 17.7 Å². The molecule has 0 spiro atoms. The van der Waals surface area contributed by atoms with E-state index >= 15 is 0 Å². The largest absolute Gasteiger partial charge is 0.471 e. The second-order valence-corrected chi connectivity index (χ2v) is 5.97. The predicted molar refractivity (Wildman–Crippen MR) is 89.6 cm³/mol. The molecule has 1 N–H and O–H groups in total. The number of amides is 1. The summed E-state index contributed by atoms with van der Waals surface area (Å²) >= 11 is 0. The van der Waals surface area contributed by atoms with Crippen molar-refractivity contribution in [2.75, 3.05) is 13.1 Å². The molecule has 3 aromatic rings. The van der Waals surface area contributed by atoms with Crippen LogP contribution in [0.2, 0.25) is 0 Å². The summed E-state index contributed by atoms with van der Waals surface area (Å²) < 4.78 is 5.79. The second-order valence-electron chi connectivity index (χ2n) is 5.97. The number of carbonyl (C=O) groups excluding carboxylic acids is 1. The molecule has 1 aromatic carbocycles. The minimum Gasteiger partial charge on any atom is -0.471 e. The Balaban J connectivity index is 1.39. The zero-order chi connectivity index (χ0) is 16.4. The van der Waals surface area contributed by atoms with Gasteiger partial charge in [-0.25, -0.2) is 0 Å². The van der Waals surface area contributed by atoms with E-state index in [0.717, 1.165) is 22.9 Å². The molecule has 0 saturated carbocycles. The van der Waals surface area contributed by atoms with Gasteiger partial charge in [0, 0.05) is 42.3 Å². The van der Waals surface area contributed by atoms with E-state index < -0.39 is 0 Å². The summed E-state index contributed by atoms with van der Waals surface area (Å²) in [5, 5.41) is 8.84. The van der Waals surface area contributed by atoms with Crippen molar-refractivity contribution in [3.8, 4) is 5.88 Å². The summed E-state index contributed by atoms with van der Waals surface area (Å²) in [5.74, 6) is 0.637. The van der Waals surface area contributed by atoms with Crippen molar-refractivity contribution in [1.29, 1.82) is 0 Å². The van der Waals surface area contributed by atoms with Gasteiger partial charge in [-0.3, -0.25) is 4.79 Å². The number of nitrogens with one attached hydrogen (secondary N) is 1. The fourth-order valence-electron chi connectivity index (χ4n) is 3.12. The van der Waals surface area contributed by atoms with Crippen LogP contribution in [0.25, 0.3) is 10.9 Å².